The monoisotopic (exact) mass is 247 g/mol. The summed E-state index contributed by atoms with van der Waals surface area (Å²) in [6.45, 7) is 3.76. The summed E-state index contributed by atoms with van der Waals surface area (Å²) < 4.78 is 24.9. The molecule has 5 heteroatoms. The molecule has 0 aliphatic carbocycles. The van der Waals surface area contributed by atoms with Crippen LogP contribution in [-0.4, -0.2) is 13.6 Å². The SMILES string of the molecule is Cc1cccc([C@@H](C)NS(=O)(=O)CCl)c1. The van der Waals surface area contributed by atoms with Gasteiger partial charge in [-0.1, -0.05) is 29.8 Å². The van der Waals surface area contributed by atoms with Gasteiger partial charge >= 0.3 is 0 Å². The number of aryl methyl sites for hydroxylation is 1. The highest BCUT2D eigenvalue weighted by atomic mass is 35.5. The molecule has 0 saturated carbocycles. The number of rotatable bonds is 4. The van der Waals surface area contributed by atoms with Gasteiger partial charge in [-0.25, -0.2) is 13.1 Å². The number of hydrogen-bond donors (Lipinski definition) is 1. The quantitative estimate of drug-likeness (QED) is 0.829. The molecule has 1 atom stereocenters. The molecule has 0 aliphatic heterocycles. The Morgan fingerprint density at radius 1 is 1.47 bits per heavy atom. The average molecular weight is 248 g/mol. The Labute approximate surface area is 95.5 Å². The molecule has 0 amide bonds. The van der Waals surface area contributed by atoms with Crippen molar-refractivity contribution in [2.75, 3.05) is 5.21 Å². The van der Waals surface area contributed by atoms with Crippen LogP contribution in [0.15, 0.2) is 24.3 Å². The van der Waals surface area contributed by atoms with Crippen molar-refractivity contribution in [3.63, 3.8) is 0 Å². The zero-order valence-corrected chi connectivity index (χ0v) is 10.3. The van der Waals surface area contributed by atoms with Crippen LogP contribution < -0.4 is 4.72 Å². The molecule has 0 bridgehead atoms. The summed E-state index contributed by atoms with van der Waals surface area (Å²) in [5, 5.41) is -0.414. The molecule has 0 radical (unpaired) electrons. The van der Waals surface area contributed by atoms with Gasteiger partial charge in [0.25, 0.3) is 0 Å². The fourth-order valence-corrected chi connectivity index (χ4v) is 2.24. The maximum atomic E-state index is 11.2. The molecule has 0 saturated heterocycles. The van der Waals surface area contributed by atoms with Crippen LogP contribution in [0.3, 0.4) is 0 Å². The molecule has 1 aromatic carbocycles. The highest BCUT2D eigenvalue weighted by molar-refractivity contribution is 7.90. The first-order valence-corrected chi connectivity index (χ1v) is 6.76. The van der Waals surface area contributed by atoms with Crippen LogP contribution in [-0.2, 0) is 10.0 Å². The molecule has 0 unspecified atom stereocenters. The largest absolute Gasteiger partial charge is 0.226 e. The number of hydrogen-bond acceptors (Lipinski definition) is 2. The number of halogens is 1. The summed E-state index contributed by atoms with van der Waals surface area (Å²) in [5.41, 5.74) is 2.04. The maximum absolute atomic E-state index is 11.2. The molecule has 0 aromatic heterocycles. The second kappa shape index (κ2) is 4.96. The van der Waals surface area contributed by atoms with Gasteiger partial charge in [0.05, 0.1) is 0 Å². The van der Waals surface area contributed by atoms with Gasteiger partial charge in [0.15, 0.2) is 0 Å². The van der Waals surface area contributed by atoms with Crippen molar-refractivity contribution >= 4 is 21.6 Å². The van der Waals surface area contributed by atoms with Crippen LogP contribution in [0.4, 0.5) is 0 Å². The lowest BCUT2D eigenvalue weighted by atomic mass is 10.1. The first kappa shape index (κ1) is 12.5. The molecule has 3 nitrogen and oxygen atoms in total. The number of alkyl halides is 1. The first-order valence-electron chi connectivity index (χ1n) is 4.57. The summed E-state index contributed by atoms with van der Waals surface area (Å²) in [6, 6.07) is 7.44. The third kappa shape index (κ3) is 3.81. The van der Waals surface area contributed by atoms with Crippen molar-refractivity contribution in [2.45, 2.75) is 19.9 Å². The Balaban J connectivity index is 2.82. The van der Waals surface area contributed by atoms with Crippen LogP contribution in [0.5, 0.6) is 0 Å². The molecule has 0 fully saturated rings. The van der Waals surface area contributed by atoms with E-state index in [0.717, 1.165) is 11.1 Å². The van der Waals surface area contributed by atoms with Gasteiger partial charge < -0.3 is 0 Å². The highest BCUT2D eigenvalue weighted by Crippen LogP contribution is 2.14. The summed E-state index contributed by atoms with van der Waals surface area (Å²) in [4.78, 5) is 0. The molecule has 1 aromatic rings. The second-order valence-electron chi connectivity index (χ2n) is 3.48. The van der Waals surface area contributed by atoms with Crippen LogP contribution in [0.25, 0.3) is 0 Å². The van der Waals surface area contributed by atoms with Gasteiger partial charge in [-0.05, 0) is 19.4 Å². The number of nitrogens with one attached hydrogen (secondary N) is 1. The zero-order valence-electron chi connectivity index (χ0n) is 8.70. The van der Waals surface area contributed by atoms with Crippen LogP contribution >= 0.6 is 11.6 Å². The van der Waals surface area contributed by atoms with Crippen molar-refractivity contribution in [3.05, 3.63) is 35.4 Å². The fourth-order valence-electron chi connectivity index (χ4n) is 1.31. The fraction of sp³-hybridized carbons (Fsp3) is 0.400. The van der Waals surface area contributed by atoms with Gasteiger partial charge in [0.2, 0.25) is 10.0 Å². The Hall–Kier alpha value is -0.580. The lowest BCUT2D eigenvalue weighted by molar-refractivity contribution is 0.571. The van der Waals surface area contributed by atoms with Crippen molar-refractivity contribution in [2.24, 2.45) is 0 Å². The predicted molar refractivity (Wildman–Crippen MR) is 62.4 cm³/mol. The summed E-state index contributed by atoms with van der Waals surface area (Å²) in [5.74, 6) is 0. The van der Waals surface area contributed by atoms with Gasteiger partial charge in [0, 0.05) is 6.04 Å². The summed E-state index contributed by atoms with van der Waals surface area (Å²) in [6.07, 6.45) is 0. The number of sulfonamides is 1. The highest BCUT2D eigenvalue weighted by Gasteiger charge is 2.14. The van der Waals surface area contributed by atoms with E-state index in [-0.39, 0.29) is 6.04 Å². The average Bonchev–Trinajstić information content (AvgIpc) is 2.17. The zero-order chi connectivity index (χ0) is 11.5. The topological polar surface area (TPSA) is 46.2 Å². The van der Waals surface area contributed by atoms with E-state index >= 15 is 0 Å². The van der Waals surface area contributed by atoms with Gasteiger partial charge in [-0.2, -0.15) is 0 Å². The van der Waals surface area contributed by atoms with Crippen molar-refractivity contribution < 1.29 is 8.42 Å². The molecule has 1 rings (SSSR count). The molecule has 15 heavy (non-hydrogen) atoms. The Morgan fingerprint density at radius 3 is 2.67 bits per heavy atom. The van der Waals surface area contributed by atoms with E-state index < -0.39 is 15.2 Å². The van der Waals surface area contributed by atoms with E-state index in [0.29, 0.717) is 0 Å². The van der Waals surface area contributed by atoms with Gasteiger partial charge in [0.1, 0.15) is 5.21 Å². The minimum Gasteiger partial charge on any atom is -0.211 e. The normalized spacial score (nSPS) is 13.8. The lowest BCUT2D eigenvalue weighted by Gasteiger charge is -2.13. The maximum Gasteiger partial charge on any atom is 0.226 e. The third-order valence-electron chi connectivity index (χ3n) is 2.04. The van der Waals surface area contributed by atoms with Crippen molar-refractivity contribution in [1.82, 2.24) is 4.72 Å². The van der Waals surface area contributed by atoms with Crippen LogP contribution in [0.2, 0.25) is 0 Å². The standard InChI is InChI=1S/C10H14ClNO2S/c1-8-4-3-5-10(6-8)9(2)12-15(13,14)7-11/h3-6,9,12H,7H2,1-2H3/t9-/m1/s1. The Bertz CT molecular complexity index is 431. The van der Waals surface area contributed by atoms with Crippen LogP contribution in [0.1, 0.15) is 24.1 Å². The van der Waals surface area contributed by atoms with Crippen molar-refractivity contribution in [1.29, 1.82) is 0 Å². The van der Waals surface area contributed by atoms with Crippen LogP contribution in [0, 0.1) is 6.92 Å². The second-order valence-corrected chi connectivity index (χ2v) is 5.82. The molecule has 1 N–H and O–H groups in total. The molecule has 0 spiro atoms. The van der Waals surface area contributed by atoms with Gasteiger partial charge in [-0.15, -0.1) is 11.6 Å². The minimum absolute atomic E-state index is 0.256. The summed E-state index contributed by atoms with van der Waals surface area (Å²) >= 11 is 5.31. The Kier molecular flexibility index (Phi) is 4.13. The molecular weight excluding hydrogens is 234 g/mol. The molecular formula is C10H14ClNO2S. The van der Waals surface area contributed by atoms with E-state index in [9.17, 15) is 8.42 Å². The van der Waals surface area contributed by atoms with Gasteiger partial charge in [-0.3, -0.25) is 0 Å². The van der Waals surface area contributed by atoms with E-state index in [1.165, 1.54) is 0 Å². The van der Waals surface area contributed by atoms with E-state index in [1.807, 2.05) is 31.2 Å². The third-order valence-corrected chi connectivity index (χ3v) is 3.90. The lowest BCUT2D eigenvalue weighted by Crippen LogP contribution is -2.27. The molecule has 84 valence electrons. The first-order chi connectivity index (χ1) is 6.94. The number of benzene rings is 1. The van der Waals surface area contributed by atoms with E-state index in [2.05, 4.69) is 4.72 Å². The smallest absolute Gasteiger partial charge is 0.211 e. The Morgan fingerprint density at radius 2 is 2.13 bits per heavy atom. The predicted octanol–water partition coefficient (Wildman–Crippen LogP) is 2.17. The minimum atomic E-state index is -3.36. The van der Waals surface area contributed by atoms with E-state index in [4.69, 9.17) is 11.6 Å². The van der Waals surface area contributed by atoms with E-state index in [1.54, 1.807) is 6.92 Å². The van der Waals surface area contributed by atoms with Crippen molar-refractivity contribution in [3.8, 4) is 0 Å². The molecule has 0 aliphatic rings. The molecule has 0 heterocycles. The summed E-state index contributed by atoms with van der Waals surface area (Å²) in [7, 11) is -3.36.